The summed E-state index contributed by atoms with van der Waals surface area (Å²) < 4.78 is 31.6. The van der Waals surface area contributed by atoms with Crippen LogP contribution in [0.2, 0.25) is 33.2 Å². The van der Waals surface area contributed by atoms with Crippen molar-refractivity contribution < 1.29 is 27.1 Å². The van der Waals surface area contributed by atoms with E-state index in [0.29, 0.717) is 0 Å². The summed E-state index contributed by atoms with van der Waals surface area (Å²) in [6.45, 7) is 0. The van der Waals surface area contributed by atoms with Crippen LogP contribution in [0, 0.1) is 0 Å². The molecule has 9 heteroatoms. The van der Waals surface area contributed by atoms with Gasteiger partial charge >= 0.3 is 10.4 Å². The van der Waals surface area contributed by atoms with Crippen molar-refractivity contribution in [1.82, 2.24) is 0 Å². The average molecular weight is 687 g/mol. The predicted octanol–water partition coefficient (Wildman–Crippen LogP) is 11.2. The van der Waals surface area contributed by atoms with Crippen molar-refractivity contribution >= 4 is 27.0 Å². The van der Waals surface area contributed by atoms with Crippen molar-refractivity contribution in [3.8, 4) is 0 Å². The van der Waals surface area contributed by atoms with Crippen LogP contribution in [0.3, 0.4) is 0 Å². The van der Waals surface area contributed by atoms with Gasteiger partial charge in [0.25, 0.3) is 0 Å². The zero-order chi connectivity index (χ0) is 32.2. The SMILES string of the molecule is O=S(=O)(O)O.O[Si](C1CCCCC1)(C1CCCCC1)C1CCCCC1.O[Si](C1CCCCC1)(C1CCCCC1)C1CCCCC1. The van der Waals surface area contributed by atoms with E-state index in [2.05, 4.69) is 0 Å². The molecule has 0 bridgehead atoms. The van der Waals surface area contributed by atoms with Crippen LogP contribution >= 0.6 is 0 Å². The summed E-state index contributed by atoms with van der Waals surface area (Å²) in [6.07, 6.45) is 41.8. The Labute approximate surface area is 279 Å². The normalized spacial score (nSPS) is 26.8. The summed E-state index contributed by atoms with van der Waals surface area (Å²) >= 11 is 0. The molecule has 0 aromatic carbocycles. The van der Waals surface area contributed by atoms with Crippen LogP contribution < -0.4 is 0 Å². The third-order valence-corrected chi connectivity index (χ3v) is 24.9. The molecular weight excluding hydrogens is 617 g/mol. The first kappa shape index (κ1) is 38.0. The third kappa shape index (κ3) is 11.1. The van der Waals surface area contributed by atoms with Gasteiger partial charge in [0, 0.05) is 0 Å². The molecule has 6 saturated carbocycles. The molecule has 0 saturated heterocycles. The van der Waals surface area contributed by atoms with Gasteiger partial charge in [-0.25, -0.2) is 0 Å². The van der Waals surface area contributed by atoms with Crippen LogP contribution in [0.1, 0.15) is 193 Å². The van der Waals surface area contributed by atoms with Crippen molar-refractivity contribution in [1.29, 1.82) is 0 Å². The van der Waals surface area contributed by atoms with Crippen molar-refractivity contribution in [3.63, 3.8) is 0 Å². The Bertz CT molecular complexity index is 753. The van der Waals surface area contributed by atoms with Gasteiger partial charge in [0.15, 0.2) is 16.6 Å². The highest BCUT2D eigenvalue weighted by Gasteiger charge is 2.53. The van der Waals surface area contributed by atoms with E-state index < -0.39 is 27.0 Å². The van der Waals surface area contributed by atoms with E-state index in [9.17, 15) is 9.59 Å². The minimum absolute atomic E-state index is 0.766. The van der Waals surface area contributed by atoms with Gasteiger partial charge in [-0.3, -0.25) is 9.11 Å². The standard InChI is InChI=1S/2C18H34OSi.H2O4S/c2*19-20(16-10-4-1-5-11-16,17-12-6-2-7-13-17)18-14-8-3-9-15-18;1-5(2,3)4/h2*16-19H,1-15H2;(H2,1,2,3,4). The molecule has 45 heavy (non-hydrogen) atoms. The van der Waals surface area contributed by atoms with E-state index >= 15 is 0 Å². The van der Waals surface area contributed by atoms with Crippen LogP contribution in [-0.4, -0.2) is 43.7 Å². The lowest BCUT2D eigenvalue weighted by Gasteiger charge is -2.49. The smallest absolute Gasteiger partial charge is 0.394 e. The van der Waals surface area contributed by atoms with E-state index in [1.165, 1.54) is 193 Å². The lowest BCUT2D eigenvalue weighted by molar-refractivity contribution is 0.337. The Morgan fingerprint density at radius 3 is 0.533 bits per heavy atom. The quantitative estimate of drug-likeness (QED) is 0.163. The summed E-state index contributed by atoms with van der Waals surface area (Å²) in [5.74, 6) is 0. The molecule has 6 fully saturated rings. The first-order valence-corrected chi connectivity index (χ1v) is 25.5. The summed E-state index contributed by atoms with van der Waals surface area (Å²) in [7, 11) is -8.76. The number of hydrogen-bond donors (Lipinski definition) is 4. The Morgan fingerprint density at radius 1 is 0.311 bits per heavy atom. The first-order valence-electron chi connectivity index (χ1n) is 19.8. The molecule has 0 aliphatic heterocycles. The van der Waals surface area contributed by atoms with Crippen LogP contribution in [-0.2, 0) is 10.4 Å². The topological polar surface area (TPSA) is 115 Å². The zero-order valence-electron chi connectivity index (χ0n) is 28.7. The van der Waals surface area contributed by atoms with Gasteiger partial charge in [0.1, 0.15) is 0 Å². The molecule has 0 heterocycles. The van der Waals surface area contributed by atoms with Crippen LogP contribution in [0.5, 0.6) is 0 Å². The maximum absolute atomic E-state index is 12.0. The molecule has 6 aliphatic carbocycles. The van der Waals surface area contributed by atoms with E-state index in [1.54, 1.807) is 0 Å². The largest absolute Gasteiger partial charge is 0.431 e. The molecule has 264 valence electrons. The van der Waals surface area contributed by atoms with Gasteiger partial charge in [-0.2, -0.15) is 8.42 Å². The highest BCUT2D eigenvalue weighted by atomic mass is 32.3. The van der Waals surface area contributed by atoms with Gasteiger partial charge in [-0.05, 0) is 33.2 Å². The van der Waals surface area contributed by atoms with Gasteiger partial charge in [-0.15, -0.1) is 0 Å². The van der Waals surface area contributed by atoms with E-state index in [-0.39, 0.29) is 0 Å². The van der Waals surface area contributed by atoms with E-state index in [1.807, 2.05) is 0 Å². The lowest BCUT2D eigenvalue weighted by atomic mass is 9.98. The van der Waals surface area contributed by atoms with Crippen LogP contribution in [0.15, 0.2) is 0 Å². The molecule has 6 nitrogen and oxygen atoms in total. The second kappa shape index (κ2) is 18.8. The average Bonchev–Trinajstić information content (AvgIpc) is 3.09. The Morgan fingerprint density at radius 2 is 0.422 bits per heavy atom. The maximum atomic E-state index is 12.0. The fraction of sp³-hybridized carbons (Fsp3) is 1.00. The van der Waals surface area contributed by atoms with Crippen LogP contribution in [0.25, 0.3) is 0 Å². The summed E-state index contributed by atoms with van der Waals surface area (Å²) in [5, 5.41) is 0. The Hall–Kier alpha value is 0.224. The second-order valence-corrected chi connectivity index (χ2v) is 25.6. The van der Waals surface area contributed by atoms with Gasteiger partial charge in [0.2, 0.25) is 0 Å². The Balaban J connectivity index is 0.000000179. The molecule has 6 aliphatic rings. The molecule has 0 atom stereocenters. The van der Waals surface area contributed by atoms with Gasteiger partial charge in [0.05, 0.1) is 0 Å². The predicted molar refractivity (Wildman–Crippen MR) is 191 cm³/mol. The van der Waals surface area contributed by atoms with Gasteiger partial charge in [-0.1, -0.05) is 193 Å². The summed E-state index contributed by atoms with van der Waals surface area (Å²) in [5.41, 5.74) is 4.60. The zero-order valence-corrected chi connectivity index (χ0v) is 31.5. The molecule has 0 aromatic rings. The van der Waals surface area contributed by atoms with Crippen molar-refractivity contribution in [2.24, 2.45) is 0 Å². The molecule has 4 N–H and O–H groups in total. The highest BCUT2D eigenvalue weighted by molar-refractivity contribution is 7.79. The minimum Gasteiger partial charge on any atom is -0.431 e. The van der Waals surface area contributed by atoms with Crippen molar-refractivity contribution in [2.45, 2.75) is 226 Å². The number of rotatable bonds is 6. The van der Waals surface area contributed by atoms with Crippen molar-refractivity contribution in [2.75, 3.05) is 0 Å². The lowest BCUT2D eigenvalue weighted by Crippen LogP contribution is -2.51. The fourth-order valence-electron chi connectivity index (χ4n) is 11.4. The maximum Gasteiger partial charge on any atom is 0.394 e. The minimum atomic E-state index is -4.67. The van der Waals surface area contributed by atoms with Gasteiger partial charge < -0.3 is 9.59 Å². The molecule has 0 spiro atoms. The molecule has 0 aromatic heterocycles. The number of hydrogen-bond acceptors (Lipinski definition) is 4. The summed E-state index contributed by atoms with van der Waals surface area (Å²) in [4.78, 5) is 24.0. The molecule has 0 amide bonds. The van der Waals surface area contributed by atoms with E-state index in [0.717, 1.165) is 33.2 Å². The van der Waals surface area contributed by atoms with E-state index in [4.69, 9.17) is 17.5 Å². The fourth-order valence-corrected chi connectivity index (χ4v) is 23.4. The first-order chi connectivity index (χ1) is 21.6. The Kier molecular flexibility index (Phi) is 15.9. The monoisotopic (exact) mass is 686 g/mol. The molecule has 6 rings (SSSR count). The highest BCUT2D eigenvalue weighted by Crippen LogP contribution is 2.56. The summed E-state index contributed by atoms with van der Waals surface area (Å²) in [6, 6.07) is 0. The molecular formula is C36H70O6SSi2. The second-order valence-electron chi connectivity index (χ2n) is 16.2. The third-order valence-electron chi connectivity index (χ3n) is 13.6. The van der Waals surface area contributed by atoms with Crippen LogP contribution in [0.4, 0.5) is 0 Å². The van der Waals surface area contributed by atoms with Crippen molar-refractivity contribution in [3.05, 3.63) is 0 Å². The molecule has 0 unspecified atom stereocenters. The molecule has 0 radical (unpaired) electrons.